The second-order valence-corrected chi connectivity index (χ2v) is 14.0. The highest BCUT2D eigenvalue weighted by Crippen LogP contribution is 2.27. The van der Waals surface area contributed by atoms with Crippen LogP contribution in [0.15, 0.2) is 103 Å². The SMILES string of the molecule is C/C=C/C[C@H](C)[C@H](O)C[C@H](C/C=C/NC(=O)N(/C=C/CC1C[C@@H](O)[C@@H](C)C/C=C/Cc2cccc(O)c2C(=O)O1)C(=O)/C=C\C=C/CC)OC(=O)/C(C)=C(/C)O. The summed E-state index contributed by atoms with van der Waals surface area (Å²) in [6, 6.07) is 3.97. The van der Waals surface area contributed by atoms with E-state index in [1.54, 1.807) is 18.2 Å². The van der Waals surface area contributed by atoms with Gasteiger partial charge in [-0.15, -0.1) is 0 Å². The molecule has 0 radical (unpaired) electrons. The van der Waals surface area contributed by atoms with Crippen molar-refractivity contribution < 1.29 is 49.1 Å². The first kappa shape index (κ1) is 47.0. The lowest BCUT2D eigenvalue weighted by Gasteiger charge is -2.24. The number of aromatic hydroxyl groups is 1. The van der Waals surface area contributed by atoms with E-state index in [1.807, 2.05) is 58.1 Å². The van der Waals surface area contributed by atoms with Gasteiger partial charge in [0.15, 0.2) is 0 Å². The van der Waals surface area contributed by atoms with Crippen LogP contribution in [0.2, 0.25) is 0 Å². The minimum atomic E-state index is -0.862. The van der Waals surface area contributed by atoms with E-state index in [2.05, 4.69) is 5.32 Å². The number of nitrogens with one attached hydrogen (secondary N) is 1. The van der Waals surface area contributed by atoms with Crippen LogP contribution in [0.5, 0.6) is 5.75 Å². The highest BCUT2D eigenvalue weighted by molar-refractivity contribution is 6.01. The minimum Gasteiger partial charge on any atom is -0.512 e. The van der Waals surface area contributed by atoms with Crippen LogP contribution in [0.4, 0.5) is 4.79 Å². The van der Waals surface area contributed by atoms with Gasteiger partial charge in [0.25, 0.3) is 5.91 Å². The monoisotopic (exact) mass is 776 g/mol. The molecule has 0 aromatic heterocycles. The predicted molar refractivity (Wildman–Crippen MR) is 216 cm³/mol. The molecule has 1 aliphatic rings. The van der Waals surface area contributed by atoms with Gasteiger partial charge in [-0.3, -0.25) is 4.79 Å². The van der Waals surface area contributed by atoms with Crippen molar-refractivity contribution in [3.63, 3.8) is 0 Å². The van der Waals surface area contributed by atoms with Crippen LogP contribution < -0.4 is 5.32 Å². The Labute approximate surface area is 331 Å². The third-order valence-electron chi connectivity index (χ3n) is 9.36. The summed E-state index contributed by atoms with van der Waals surface area (Å²) in [5.74, 6) is -2.85. The first-order chi connectivity index (χ1) is 26.7. The smallest absolute Gasteiger partial charge is 0.342 e. The number of phenols is 1. The van der Waals surface area contributed by atoms with E-state index in [9.17, 15) is 39.6 Å². The normalized spacial score (nSPS) is 20.9. The summed E-state index contributed by atoms with van der Waals surface area (Å²) in [7, 11) is 0. The summed E-state index contributed by atoms with van der Waals surface area (Å²) in [5.41, 5.74) is 0.653. The molecule has 1 aromatic carbocycles. The average Bonchev–Trinajstić information content (AvgIpc) is 3.15. The van der Waals surface area contributed by atoms with Crippen LogP contribution in [0.25, 0.3) is 0 Å². The van der Waals surface area contributed by atoms with Crippen LogP contribution in [-0.2, 0) is 25.5 Å². The van der Waals surface area contributed by atoms with Gasteiger partial charge in [0, 0.05) is 44.2 Å². The van der Waals surface area contributed by atoms with Gasteiger partial charge in [-0.25, -0.2) is 19.3 Å². The molecule has 1 unspecified atom stereocenters. The number of carbonyl (C=O) groups excluding carboxylic acids is 4. The largest absolute Gasteiger partial charge is 0.512 e. The lowest BCUT2D eigenvalue weighted by molar-refractivity contribution is -0.146. The molecule has 6 atom stereocenters. The first-order valence-corrected chi connectivity index (χ1v) is 19.2. The predicted octanol–water partition coefficient (Wildman–Crippen LogP) is 7.79. The molecule has 0 aliphatic carbocycles. The number of ether oxygens (including phenoxy) is 2. The second kappa shape index (κ2) is 25.1. The van der Waals surface area contributed by atoms with Crippen LogP contribution in [0.3, 0.4) is 0 Å². The van der Waals surface area contributed by atoms with Gasteiger partial charge in [0.05, 0.1) is 23.5 Å². The van der Waals surface area contributed by atoms with Crippen molar-refractivity contribution in [3.8, 4) is 5.75 Å². The summed E-state index contributed by atoms with van der Waals surface area (Å²) in [5, 5.41) is 44.6. The number of imide groups is 1. The Balaban J connectivity index is 2.31. The van der Waals surface area contributed by atoms with Crippen molar-refractivity contribution in [2.75, 3.05) is 0 Å². The molecular formula is C44H60N2O10. The Morgan fingerprint density at radius 1 is 1.09 bits per heavy atom. The Morgan fingerprint density at radius 2 is 1.84 bits per heavy atom. The number of hydrogen-bond acceptors (Lipinski definition) is 10. The van der Waals surface area contributed by atoms with Gasteiger partial charge in [-0.05, 0) is 69.9 Å². The van der Waals surface area contributed by atoms with Crippen LogP contribution in [0, 0.1) is 11.8 Å². The molecule has 306 valence electrons. The molecule has 0 saturated heterocycles. The summed E-state index contributed by atoms with van der Waals surface area (Å²) in [6.45, 7) is 10.4. The molecule has 0 spiro atoms. The van der Waals surface area contributed by atoms with Gasteiger partial charge in [-0.2, -0.15) is 0 Å². The third kappa shape index (κ3) is 16.3. The number of allylic oxidation sites excluding steroid dienone is 8. The van der Waals surface area contributed by atoms with E-state index in [1.165, 1.54) is 56.6 Å². The van der Waals surface area contributed by atoms with Crippen molar-refractivity contribution >= 4 is 23.9 Å². The zero-order chi connectivity index (χ0) is 41.6. The number of esters is 2. The summed E-state index contributed by atoms with van der Waals surface area (Å²) in [4.78, 5) is 53.5. The van der Waals surface area contributed by atoms with Crippen molar-refractivity contribution in [3.05, 3.63) is 114 Å². The van der Waals surface area contributed by atoms with Gasteiger partial charge in [-0.1, -0.05) is 87.6 Å². The van der Waals surface area contributed by atoms with Crippen LogP contribution in [0.1, 0.15) is 102 Å². The fraction of sp³-hybridized carbons (Fsp3) is 0.455. The van der Waals surface area contributed by atoms with Crippen molar-refractivity contribution in [1.82, 2.24) is 10.2 Å². The molecule has 5 N–H and O–H groups in total. The number of phenolic OH excluding ortho intramolecular Hbond substituents is 1. The van der Waals surface area contributed by atoms with E-state index < -0.39 is 48.3 Å². The fourth-order valence-corrected chi connectivity index (χ4v) is 5.58. The lowest BCUT2D eigenvalue weighted by atomic mass is 9.93. The molecule has 1 heterocycles. The van der Waals surface area contributed by atoms with E-state index in [0.717, 1.165) is 11.3 Å². The van der Waals surface area contributed by atoms with Crippen molar-refractivity contribution in [2.45, 2.75) is 117 Å². The molecular weight excluding hydrogens is 716 g/mol. The highest BCUT2D eigenvalue weighted by atomic mass is 16.5. The summed E-state index contributed by atoms with van der Waals surface area (Å²) in [6.07, 6.45) is 18.8. The van der Waals surface area contributed by atoms with Crippen LogP contribution in [-0.4, -0.2) is 73.6 Å². The number of fused-ring (bicyclic) bond motifs is 1. The zero-order valence-corrected chi connectivity index (χ0v) is 33.5. The fourth-order valence-electron chi connectivity index (χ4n) is 5.58. The van der Waals surface area contributed by atoms with Crippen molar-refractivity contribution in [2.24, 2.45) is 11.8 Å². The molecule has 12 heteroatoms. The molecule has 0 saturated carbocycles. The quantitative estimate of drug-likeness (QED) is 0.0365. The summed E-state index contributed by atoms with van der Waals surface area (Å²) >= 11 is 0. The number of aliphatic hydroxyl groups excluding tert-OH is 3. The standard InChI is InChI=1S/C44H60N2O10/c1-7-9-11-12-25-40(51)46(44(54)45-26-16-22-35(55-42(52)32(5)33(6)47)28-38(49)30(3)18-10-8-2)27-17-23-36-29-39(50)31(4)19-13-14-20-34-21-15-24-37(48)41(34)43(53)56-36/h8-17,21,24-27,30-31,35-36,38-39,47-50H,7,18-20,22-23,28-29H2,1-6H3,(H,45,54)/b10-8+,11-9-,14-13+,25-12-,26-16+,27-17+,33-32-/t30-,31-,35-,36?,38+,39+/m0/s1. The number of urea groups is 1. The van der Waals surface area contributed by atoms with Crippen molar-refractivity contribution in [1.29, 1.82) is 0 Å². The second-order valence-electron chi connectivity index (χ2n) is 14.0. The number of rotatable bonds is 16. The maximum Gasteiger partial charge on any atom is 0.342 e. The van der Waals surface area contributed by atoms with Gasteiger partial charge >= 0.3 is 18.0 Å². The number of amides is 3. The topological polar surface area (TPSA) is 183 Å². The lowest BCUT2D eigenvalue weighted by Crippen LogP contribution is -2.37. The maximum absolute atomic E-state index is 13.4. The molecule has 56 heavy (non-hydrogen) atoms. The summed E-state index contributed by atoms with van der Waals surface area (Å²) < 4.78 is 11.4. The number of aliphatic hydroxyl groups is 3. The Kier molecular flexibility index (Phi) is 21.0. The third-order valence-corrected chi connectivity index (χ3v) is 9.36. The highest BCUT2D eigenvalue weighted by Gasteiger charge is 2.27. The number of cyclic esters (lactones) is 1. The Hall–Kier alpha value is -5.20. The molecule has 1 aliphatic heterocycles. The molecule has 1 aromatic rings. The number of nitrogens with zero attached hydrogens (tertiary/aromatic N) is 1. The molecule has 3 amide bonds. The Bertz CT molecular complexity index is 1670. The van der Waals surface area contributed by atoms with E-state index in [0.29, 0.717) is 24.8 Å². The number of carbonyl (C=O) groups is 4. The van der Waals surface area contributed by atoms with E-state index in [4.69, 9.17) is 9.47 Å². The Morgan fingerprint density at radius 3 is 2.54 bits per heavy atom. The van der Waals surface area contributed by atoms with Gasteiger partial charge in [0.1, 0.15) is 23.5 Å². The number of hydrogen-bond donors (Lipinski definition) is 5. The molecule has 12 nitrogen and oxygen atoms in total. The minimum absolute atomic E-state index is 0.0295. The maximum atomic E-state index is 13.4. The van der Waals surface area contributed by atoms with E-state index in [-0.39, 0.29) is 60.2 Å². The zero-order valence-electron chi connectivity index (χ0n) is 33.5. The average molecular weight is 777 g/mol. The van der Waals surface area contributed by atoms with Gasteiger partial charge < -0.3 is 35.2 Å². The number of benzene rings is 1. The molecule has 0 fully saturated rings. The molecule has 0 bridgehead atoms. The van der Waals surface area contributed by atoms with Gasteiger partial charge in [0.2, 0.25) is 0 Å². The molecule has 2 rings (SSSR count). The van der Waals surface area contributed by atoms with E-state index >= 15 is 0 Å². The first-order valence-electron chi connectivity index (χ1n) is 19.2. The van der Waals surface area contributed by atoms with Crippen LogP contribution >= 0.6 is 0 Å².